The van der Waals surface area contributed by atoms with E-state index in [9.17, 15) is 9.59 Å². The van der Waals surface area contributed by atoms with Gasteiger partial charge in [0.25, 0.3) is 5.56 Å². The number of ether oxygens (including phenoxy) is 3. The number of fused-ring (bicyclic) bond motifs is 1. The first kappa shape index (κ1) is 29.3. The fourth-order valence-electron chi connectivity index (χ4n) is 4.23. The molecule has 0 spiro atoms. The SMILES string of the molecule is CCOC(=O)C1=C(C)N=c2s/c(=C/c3cc(Br)c(Sc4ncccn4)o3)c(=O)n2[C@@H]1c1cc(OC)c(OC)cc1Br. The Bertz CT molecular complexity index is 1850. The third-order valence-corrected chi connectivity index (χ3v) is 9.39. The number of benzene rings is 1. The van der Waals surface area contributed by atoms with E-state index < -0.39 is 12.0 Å². The molecule has 3 aromatic heterocycles. The van der Waals surface area contributed by atoms with Crippen LogP contribution in [0.15, 0.2) is 81.3 Å². The second-order valence-electron chi connectivity index (χ2n) is 8.45. The number of carbonyl (C=O) groups excluding carboxylic acids is 1. The quantitative estimate of drug-likeness (QED) is 0.186. The molecule has 0 aliphatic carbocycles. The summed E-state index contributed by atoms with van der Waals surface area (Å²) < 4.78 is 25.5. The Morgan fingerprint density at radius 3 is 2.54 bits per heavy atom. The maximum absolute atomic E-state index is 14.0. The monoisotopic (exact) mass is 720 g/mol. The molecule has 4 aromatic rings. The predicted octanol–water partition coefficient (Wildman–Crippen LogP) is 4.87. The van der Waals surface area contributed by atoms with Crippen LogP contribution in [0.4, 0.5) is 0 Å². The number of methoxy groups -OCH3 is 2. The lowest BCUT2D eigenvalue weighted by Gasteiger charge is -2.26. The molecule has 5 rings (SSSR count). The van der Waals surface area contributed by atoms with Crippen molar-refractivity contribution in [3.8, 4) is 11.5 Å². The van der Waals surface area contributed by atoms with E-state index >= 15 is 0 Å². The highest BCUT2D eigenvalue weighted by Gasteiger charge is 2.35. The Kier molecular flexibility index (Phi) is 8.82. The van der Waals surface area contributed by atoms with E-state index in [1.165, 1.54) is 41.9 Å². The van der Waals surface area contributed by atoms with Crippen LogP contribution in [0, 0.1) is 0 Å². The van der Waals surface area contributed by atoms with Gasteiger partial charge in [0.2, 0.25) is 0 Å². The zero-order chi connectivity index (χ0) is 29.3. The fourth-order valence-corrected chi connectivity index (χ4v) is 7.03. The molecule has 14 heteroatoms. The van der Waals surface area contributed by atoms with Crippen molar-refractivity contribution in [3.05, 3.63) is 87.9 Å². The van der Waals surface area contributed by atoms with E-state index in [-0.39, 0.29) is 17.7 Å². The van der Waals surface area contributed by atoms with Gasteiger partial charge >= 0.3 is 5.97 Å². The molecular formula is C27H22Br2N4O6S2. The number of halogens is 2. The van der Waals surface area contributed by atoms with Gasteiger partial charge in [0, 0.05) is 22.9 Å². The number of thiazole rings is 1. The van der Waals surface area contributed by atoms with Gasteiger partial charge in [-0.2, -0.15) is 0 Å². The Balaban J connectivity index is 1.66. The van der Waals surface area contributed by atoms with Crippen molar-refractivity contribution in [1.29, 1.82) is 0 Å². The molecule has 0 N–H and O–H groups in total. The van der Waals surface area contributed by atoms with Crippen molar-refractivity contribution in [1.82, 2.24) is 14.5 Å². The van der Waals surface area contributed by atoms with Crippen LogP contribution in [0.3, 0.4) is 0 Å². The van der Waals surface area contributed by atoms with Crippen LogP contribution in [0.2, 0.25) is 0 Å². The number of aromatic nitrogens is 3. The second kappa shape index (κ2) is 12.3. The minimum Gasteiger partial charge on any atom is -0.493 e. The lowest BCUT2D eigenvalue weighted by molar-refractivity contribution is -0.139. The molecule has 0 saturated heterocycles. The van der Waals surface area contributed by atoms with Gasteiger partial charge in [0.05, 0.1) is 47.1 Å². The van der Waals surface area contributed by atoms with Crippen molar-refractivity contribution in [2.24, 2.45) is 4.99 Å². The number of hydrogen-bond acceptors (Lipinski definition) is 11. The molecular weight excluding hydrogens is 700 g/mol. The largest absolute Gasteiger partial charge is 0.493 e. The molecule has 1 aromatic carbocycles. The Hall–Kier alpha value is -3.20. The zero-order valence-corrected chi connectivity index (χ0v) is 26.9. The lowest BCUT2D eigenvalue weighted by atomic mass is 9.95. The topological polar surface area (TPSA) is 118 Å². The molecule has 0 fully saturated rings. The highest BCUT2D eigenvalue weighted by atomic mass is 79.9. The summed E-state index contributed by atoms with van der Waals surface area (Å²) in [4.78, 5) is 40.7. The molecule has 41 heavy (non-hydrogen) atoms. The predicted molar refractivity (Wildman–Crippen MR) is 160 cm³/mol. The summed E-state index contributed by atoms with van der Waals surface area (Å²) in [6.45, 7) is 3.62. The molecule has 10 nitrogen and oxygen atoms in total. The average molecular weight is 722 g/mol. The van der Waals surface area contributed by atoms with Crippen molar-refractivity contribution in [2.75, 3.05) is 20.8 Å². The smallest absolute Gasteiger partial charge is 0.338 e. The minimum absolute atomic E-state index is 0.168. The number of nitrogens with zero attached hydrogens (tertiary/aromatic N) is 4. The number of carbonyl (C=O) groups is 1. The van der Waals surface area contributed by atoms with E-state index in [0.29, 0.717) is 57.0 Å². The Labute approximate surface area is 259 Å². The van der Waals surface area contributed by atoms with E-state index in [0.717, 1.165) is 0 Å². The van der Waals surface area contributed by atoms with Gasteiger partial charge in [0.1, 0.15) is 5.76 Å². The van der Waals surface area contributed by atoms with Gasteiger partial charge in [-0.3, -0.25) is 9.36 Å². The molecule has 4 heterocycles. The van der Waals surface area contributed by atoms with E-state index in [2.05, 4.69) is 46.8 Å². The zero-order valence-electron chi connectivity index (χ0n) is 22.1. The van der Waals surface area contributed by atoms with Crippen molar-refractivity contribution < 1.29 is 23.4 Å². The van der Waals surface area contributed by atoms with Crippen LogP contribution >= 0.6 is 55.0 Å². The van der Waals surface area contributed by atoms with Gasteiger partial charge in [-0.25, -0.2) is 19.8 Å². The van der Waals surface area contributed by atoms with Gasteiger partial charge in [-0.1, -0.05) is 27.3 Å². The molecule has 0 bridgehead atoms. The first-order chi connectivity index (χ1) is 19.7. The van der Waals surface area contributed by atoms with Crippen molar-refractivity contribution in [3.63, 3.8) is 0 Å². The summed E-state index contributed by atoms with van der Waals surface area (Å²) in [6.07, 6.45) is 4.94. The molecule has 1 aliphatic rings. The standard InChI is InChI=1S/C27H22Br2N4O6S2/c1-5-38-24(35)21-13(2)32-27-33(22(21)15-11-18(36-3)19(37-4)12-16(15)28)23(34)20(40-27)10-14-9-17(29)25(39-14)41-26-30-7-6-8-31-26/h6-12,22H,5H2,1-4H3/b20-10+/t22-/m1/s1. The van der Waals surface area contributed by atoms with Gasteiger partial charge < -0.3 is 18.6 Å². The molecule has 0 unspecified atom stereocenters. The van der Waals surface area contributed by atoms with Crippen LogP contribution < -0.4 is 24.4 Å². The van der Waals surface area contributed by atoms with Crippen LogP contribution in [0.25, 0.3) is 6.08 Å². The Morgan fingerprint density at radius 2 is 1.85 bits per heavy atom. The summed E-state index contributed by atoms with van der Waals surface area (Å²) in [7, 11) is 3.05. The number of hydrogen-bond donors (Lipinski definition) is 0. The average Bonchev–Trinajstić information content (AvgIpc) is 3.45. The highest BCUT2D eigenvalue weighted by molar-refractivity contribution is 9.10. The molecule has 212 valence electrons. The molecule has 1 atom stereocenters. The number of rotatable bonds is 8. The molecule has 0 radical (unpaired) electrons. The second-order valence-corrected chi connectivity index (χ2v) is 12.1. The van der Waals surface area contributed by atoms with Crippen molar-refractivity contribution >= 4 is 67.0 Å². The lowest BCUT2D eigenvalue weighted by Crippen LogP contribution is -2.40. The van der Waals surface area contributed by atoms with Crippen LogP contribution in [-0.2, 0) is 9.53 Å². The normalized spacial score (nSPS) is 15.0. The molecule has 0 saturated carbocycles. The van der Waals surface area contributed by atoms with Crippen LogP contribution in [-0.4, -0.2) is 41.3 Å². The first-order valence-electron chi connectivity index (χ1n) is 12.1. The Morgan fingerprint density at radius 1 is 1.15 bits per heavy atom. The van der Waals surface area contributed by atoms with Gasteiger partial charge in [-0.05, 0) is 71.4 Å². The summed E-state index contributed by atoms with van der Waals surface area (Å²) in [6, 6.07) is 6.13. The molecule has 0 amide bonds. The summed E-state index contributed by atoms with van der Waals surface area (Å²) >= 11 is 9.56. The number of allylic oxidation sites excluding steroid dienone is 1. The highest BCUT2D eigenvalue weighted by Crippen LogP contribution is 2.41. The maximum atomic E-state index is 14.0. The van der Waals surface area contributed by atoms with E-state index in [1.54, 1.807) is 56.6 Å². The summed E-state index contributed by atoms with van der Waals surface area (Å²) in [5.74, 6) is 0.825. The van der Waals surface area contributed by atoms with Gasteiger partial charge in [0.15, 0.2) is 26.5 Å². The third kappa shape index (κ3) is 5.78. The number of esters is 1. The summed E-state index contributed by atoms with van der Waals surface area (Å²) in [5.41, 5.74) is 0.962. The van der Waals surface area contributed by atoms with Gasteiger partial charge in [-0.15, -0.1) is 0 Å². The maximum Gasteiger partial charge on any atom is 0.338 e. The van der Waals surface area contributed by atoms with E-state index in [4.69, 9.17) is 18.6 Å². The fraction of sp³-hybridized carbons (Fsp3) is 0.222. The summed E-state index contributed by atoms with van der Waals surface area (Å²) in [5, 5.41) is 1.07. The van der Waals surface area contributed by atoms with Crippen molar-refractivity contribution in [2.45, 2.75) is 30.1 Å². The van der Waals surface area contributed by atoms with Crippen LogP contribution in [0.1, 0.15) is 31.2 Å². The van der Waals surface area contributed by atoms with Crippen LogP contribution in [0.5, 0.6) is 11.5 Å². The molecule has 1 aliphatic heterocycles. The number of furan rings is 1. The minimum atomic E-state index is -0.841. The first-order valence-corrected chi connectivity index (χ1v) is 15.3. The third-order valence-electron chi connectivity index (χ3n) is 5.99. The van der Waals surface area contributed by atoms with E-state index in [1.807, 2.05) is 0 Å².